The van der Waals surface area contributed by atoms with Crippen LogP contribution in [0, 0.1) is 0 Å². The van der Waals surface area contributed by atoms with E-state index in [1.807, 2.05) is 51.1 Å². The van der Waals surface area contributed by atoms with Gasteiger partial charge in [0, 0.05) is 11.3 Å². The second-order valence-electron chi connectivity index (χ2n) is 4.10. The molecule has 0 bridgehead atoms. The molecule has 0 aliphatic heterocycles. The van der Waals surface area contributed by atoms with Crippen LogP contribution in [0.2, 0.25) is 0 Å². The van der Waals surface area contributed by atoms with Gasteiger partial charge in [0.25, 0.3) is 0 Å². The van der Waals surface area contributed by atoms with Crippen molar-refractivity contribution < 1.29 is 4.79 Å². The zero-order valence-corrected chi connectivity index (χ0v) is 10.4. The highest BCUT2D eigenvalue weighted by molar-refractivity contribution is 8.01. The fourth-order valence-electron chi connectivity index (χ4n) is 1.37. The lowest BCUT2D eigenvalue weighted by Gasteiger charge is -2.22. The number of hydrogen-bond donors (Lipinski definition) is 0. The molecule has 0 N–H and O–H groups in total. The SMILES string of the molecule is CCCC(=O)C(C)(C)Sc1ccccc1. The van der Waals surface area contributed by atoms with Crippen molar-refractivity contribution in [2.45, 2.75) is 43.3 Å². The smallest absolute Gasteiger partial charge is 0.148 e. The van der Waals surface area contributed by atoms with E-state index >= 15 is 0 Å². The molecule has 0 radical (unpaired) electrons. The van der Waals surface area contributed by atoms with Gasteiger partial charge in [-0.2, -0.15) is 0 Å². The number of thioether (sulfide) groups is 1. The van der Waals surface area contributed by atoms with Crippen molar-refractivity contribution in [1.82, 2.24) is 0 Å². The molecular weight excluding hydrogens is 204 g/mol. The second kappa shape index (κ2) is 5.36. The van der Waals surface area contributed by atoms with Gasteiger partial charge in [-0.05, 0) is 32.4 Å². The minimum absolute atomic E-state index is 0.308. The number of ketones is 1. The van der Waals surface area contributed by atoms with E-state index in [2.05, 4.69) is 0 Å². The zero-order chi connectivity index (χ0) is 11.3. The minimum Gasteiger partial charge on any atom is -0.298 e. The molecule has 0 aliphatic rings. The Balaban J connectivity index is 2.68. The third kappa shape index (κ3) is 3.71. The first kappa shape index (κ1) is 12.3. The summed E-state index contributed by atoms with van der Waals surface area (Å²) in [5.41, 5.74) is 0. The molecule has 0 saturated carbocycles. The van der Waals surface area contributed by atoms with Crippen LogP contribution in [0.5, 0.6) is 0 Å². The molecule has 0 spiro atoms. The standard InChI is InChI=1S/C13H18OS/c1-4-8-12(14)13(2,3)15-11-9-6-5-7-10-11/h5-7,9-10H,4,8H2,1-3H3. The lowest BCUT2D eigenvalue weighted by molar-refractivity contribution is -0.120. The highest BCUT2D eigenvalue weighted by atomic mass is 32.2. The number of carbonyl (C=O) groups is 1. The molecule has 1 nitrogen and oxygen atoms in total. The first-order valence-corrected chi connectivity index (χ1v) is 6.15. The van der Waals surface area contributed by atoms with E-state index in [9.17, 15) is 4.79 Å². The van der Waals surface area contributed by atoms with Crippen LogP contribution in [0.1, 0.15) is 33.6 Å². The van der Waals surface area contributed by atoms with E-state index in [4.69, 9.17) is 0 Å². The lowest BCUT2D eigenvalue weighted by Crippen LogP contribution is -2.27. The molecular formula is C13H18OS. The molecule has 1 aromatic carbocycles. The maximum Gasteiger partial charge on any atom is 0.148 e. The number of hydrogen-bond acceptors (Lipinski definition) is 2. The highest BCUT2D eigenvalue weighted by Crippen LogP contribution is 2.33. The predicted octanol–water partition coefficient (Wildman–Crippen LogP) is 3.93. The summed E-state index contributed by atoms with van der Waals surface area (Å²) in [7, 11) is 0. The summed E-state index contributed by atoms with van der Waals surface area (Å²) >= 11 is 1.64. The summed E-state index contributed by atoms with van der Waals surface area (Å²) in [5, 5.41) is 0. The van der Waals surface area contributed by atoms with Gasteiger partial charge in [-0.1, -0.05) is 25.1 Å². The molecule has 0 fully saturated rings. The third-order valence-electron chi connectivity index (χ3n) is 2.26. The van der Waals surface area contributed by atoms with Crippen LogP contribution in [0.15, 0.2) is 35.2 Å². The number of Topliss-reactive ketones (excluding diaryl/α,β-unsaturated/α-hetero) is 1. The second-order valence-corrected chi connectivity index (χ2v) is 5.79. The van der Waals surface area contributed by atoms with Gasteiger partial charge in [-0.25, -0.2) is 0 Å². The van der Waals surface area contributed by atoms with Crippen molar-refractivity contribution in [2.75, 3.05) is 0 Å². The topological polar surface area (TPSA) is 17.1 Å². The summed E-state index contributed by atoms with van der Waals surface area (Å²) < 4.78 is -0.308. The average Bonchev–Trinajstić information content (AvgIpc) is 2.19. The van der Waals surface area contributed by atoms with E-state index in [1.54, 1.807) is 11.8 Å². The summed E-state index contributed by atoms with van der Waals surface area (Å²) in [4.78, 5) is 13.0. The molecule has 0 atom stereocenters. The Morgan fingerprint density at radius 3 is 2.40 bits per heavy atom. The molecule has 1 rings (SSSR count). The Bertz CT molecular complexity index is 317. The van der Waals surface area contributed by atoms with Crippen molar-refractivity contribution in [3.63, 3.8) is 0 Å². The zero-order valence-electron chi connectivity index (χ0n) is 9.62. The molecule has 1 aromatic rings. The maximum absolute atomic E-state index is 11.8. The van der Waals surface area contributed by atoms with E-state index in [0.29, 0.717) is 12.2 Å². The summed E-state index contributed by atoms with van der Waals surface area (Å²) in [6, 6.07) is 10.1. The largest absolute Gasteiger partial charge is 0.298 e. The normalized spacial score (nSPS) is 11.4. The van der Waals surface area contributed by atoms with Gasteiger partial charge in [0.2, 0.25) is 0 Å². The fraction of sp³-hybridized carbons (Fsp3) is 0.462. The van der Waals surface area contributed by atoms with Crippen molar-refractivity contribution >= 4 is 17.5 Å². The van der Waals surface area contributed by atoms with Crippen LogP contribution < -0.4 is 0 Å². The van der Waals surface area contributed by atoms with E-state index in [-0.39, 0.29) is 4.75 Å². The van der Waals surface area contributed by atoms with Gasteiger partial charge in [-0.3, -0.25) is 4.79 Å². The Morgan fingerprint density at radius 2 is 1.87 bits per heavy atom. The van der Waals surface area contributed by atoms with Gasteiger partial charge < -0.3 is 0 Å². The maximum atomic E-state index is 11.8. The van der Waals surface area contributed by atoms with Crippen LogP contribution >= 0.6 is 11.8 Å². The quantitative estimate of drug-likeness (QED) is 0.702. The van der Waals surface area contributed by atoms with Crippen LogP contribution in [0.25, 0.3) is 0 Å². The molecule has 0 unspecified atom stereocenters. The summed E-state index contributed by atoms with van der Waals surface area (Å²) in [5.74, 6) is 0.332. The molecule has 0 heterocycles. The summed E-state index contributed by atoms with van der Waals surface area (Å²) in [6.45, 7) is 6.05. The predicted molar refractivity (Wildman–Crippen MR) is 66.3 cm³/mol. The molecule has 0 aliphatic carbocycles. The van der Waals surface area contributed by atoms with Gasteiger partial charge in [-0.15, -0.1) is 11.8 Å². The Morgan fingerprint density at radius 1 is 1.27 bits per heavy atom. The van der Waals surface area contributed by atoms with Gasteiger partial charge in [0.15, 0.2) is 0 Å². The number of rotatable bonds is 5. The third-order valence-corrected chi connectivity index (χ3v) is 3.51. The van der Waals surface area contributed by atoms with Crippen molar-refractivity contribution in [3.05, 3.63) is 30.3 Å². The van der Waals surface area contributed by atoms with Crippen LogP contribution in [-0.2, 0) is 4.79 Å². The van der Waals surface area contributed by atoms with Crippen LogP contribution in [-0.4, -0.2) is 10.5 Å². The summed E-state index contributed by atoms with van der Waals surface area (Å²) in [6.07, 6.45) is 1.60. The highest BCUT2D eigenvalue weighted by Gasteiger charge is 2.27. The Kier molecular flexibility index (Phi) is 4.40. The van der Waals surface area contributed by atoms with E-state index in [1.165, 1.54) is 0 Å². The molecule has 2 heteroatoms. The first-order valence-electron chi connectivity index (χ1n) is 5.33. The monoisotopic (exact) mass is 222 g/mol. The molecule has 0 amide bonds. The van der Waals surface area contributed by atoms with E-state index in [0.717, 1.165) is 11.3 Å². The average molecular weight is 222 g/mol. The Hall–Kier alpha value is -0.760. The van der Waals surface area contributed by atoms with Gasteiger partial charge in [0.05, 0.1) is 4.75 Å². The minimum atomic E-state index is -0.308. The van der Waals surface area contributed by atoms with E-state index < -0.39 is 0 Å². The van der Waals surface area contributed by atoms with Crippen molar-refractivity contribution in [1.29, 1.82) is 0 Å². The van der Waals surface area contributed by atoms with Crippen molar-refractivity contribution in [3.8, 4) is 0 Å². The van der Waals surface area contributed by atoms with Gasteiger partial charge >= 0.3 is 0 Å². The number of carbonyl (C=O) groups excluding carboxylic acids is 1. The van der Waals surface area contributed by atoms with Crippen molar-refractivity contribution in [2.24, 2.45) is 0 Å². The Labute approximate surface area is 96.3 Å². The molecule has 15 heavy (non-hydrogen) atoms. The van der Waals surface area contributed by atoms with Crippen LogP contribution in [0.4, 0.5) is 0 Å². The van der Waals surface area contributed by atoms with Crippen LogP contribution in [0.3, 0.4) is 0 Å². The molecule has 0 saturated heterocycles. The fourth-order valence-corrected chi connectivity index (χ4v) is 2.47. The van der Waals surface area contributed by atoms with Gasteiger partial charge in [0.1, 0.15) is 5.78 Å². The number of benzene rings is 1. The lowest BCUT2D eigenvalue weighted by atomic mass is 10.0. The molecule has 0 aromatic heterocycles. The molecule has 82 valence electrons. The first-order chi connectivity index (χ1) is 7.06.